The highest BCUT2D eigenvalue weighted by atomic mass is 35.5. The standard InChI is InChI=1S/C29H30ClFN2O4/c1-21-15-25(11-12-26(21)30)36-20-29(17-27(34)32(2)18-22-7-4-3-5-8-22)19-33(13-14-37-29)28(35)23-9-6-10-24(31)16-23/h3-12,15-16H,13-14,17-20H2,1-2H3/t29-/m1/s1. The Morgan fingerprint density at radius 3 is 2.62 bits per heavy atom. The van der Waals surface area contributed by atoms with Gasteiger partial charge in [0.15, 0.2) is 0 Å². The van der Waals surface area contributed by atoms with Gasteiger partial charge >= 0.3 is 0 Å². The van der Waals surface area contributed by atoms with Gasteiger partial charge in [-0.05, 0) is 54.4 Å². The summed E-state index contributed by atoms with van der Waals surface area (Å²) in [6.45, 7) is 3.04. The van der Waals surface area contributed by atoms with Crippen LogP contribution in [0.3, 0.4) is 0 Å². The fraction of sp³-hybridized carbons (Fsp3) is 0.310. The van der Waals surface area contributed by atoms with Crippen LogP contribution >= 0.6 is 11.6 Å². The molecule has 1 aliphatic rings. The lowest BCUT2D eigenvalue weighted by atomic mass is 9.96. The second-order valence-electron chi connectivity index (χ2n) is 9.38. The molecule has 0 saturated carbocycles. The molecule has 1 saturated heterocycles. The lowest BCUT2D eigenvalue weighted by Gasteiger charge is -2.42. The third-order valence-electron chi connectivity index (χ3n) is 6.40. The summed E-state index contributed by atoms with van der Waals surface area (Å²) in [6.07, 6.45) is 0.00976. The molecule has 6 nitrogen and oxygen atoms in total. The van der Waals surface area contributed by atoms with E-state index in [4.69, 9.17) is 21.1 Å². The van der Waals surface area contributed by atoms with Gasteiger partial charge in [0.05, 0.1) is 19.6 Å². The van der Waals surface area contributed by atoms with Crippen LogP contribution in [0.15, 0.2) is 72.8 Å². The van der Waals surface area contributed by atoms with Crippen molar-refractivity contribution in [2.24, 2.45) is 0 Å². The van der Waals surface area contributed by atoms with Crippen molar-refractivity contribution >= 4 is 23.4 Å². The summed E-state index contributed by atoms with van der Waals surface area (Å²) in [4.78, 5) is 29.8. The maximum atomic E-state index is 13.8. The number of morpholine rings is 1. The Morgan fingerprint density at radius 1 is 1.11 bits per heavy atom. The topological polar surface area (TPSA) is 59.1 Å². The van der Waals surface area contributed by atoms with E-state index < -0.39 is 11.4 Å². The number of rotatable bonds is 8. The van der Waals surface area contributed by atoms with Crippen molar-refractivity contribution in [3.63, 3.8) is 0 Å². The number of amides is 2. The zero-order chi connectivity index (χ0) is 26.4. The zero-order valence-corrected chi connectivity index (χ0v) is 21.7. The van der Waals surface area contributed by atoms with Gasteiger partial charge in [-0.15, -0.1) is 0 Å². The molecule has 0 radical (unpaired) electrons. The van der Waals surface area contributed by atoms with Gasteiger partial charge in [-0.1, -0.05) is 48.0 Å². The fourth-order valence-electron chi connectivity index (χ4n) is 4.35. The lowest BCUT2D eigenvalue weighted by Crippen LogP contribution is -2.58. The van der Waals surface area contributed by atoms with E-state index in [0.29, 0.717) is 23.9 Å². The molecule has 4 rings (SSSR count). The van der Waals surface area contributed by atoms with Crippen molar-refractivity contribution in [2.45, 2.75) is 25.5 Å². The smallest absolute Gasteiger partial charge is 0.254 e. The van der Waals surface area contributed by atoms with Gasteiger partial charge in [0.25, 0.3) is 5.91 Å². The molecule has 194 valence electrons. The van der Waals surface area contributed by atoms with Crippen LogP contribution < -0.4 is 4.74 Å². The number of halogens is 2. The Labute approximate surface area is 221 Å². The van der Waals surface area contributed by atoms with Crippen LogP contribution in [0, 0.1) is 12.7 Å². The van der Waals surface area contributed by atoms with Crippen LogP contribution in [-0.4, -0.2) is 60.6 Å². The molecule has 0 unspecified atom stereocenters. The van der Waals surface area contributed by atoms with E-state index in [1.165, 1.54) is 18.2 Å². The molecule has 1 aliphatic heterocycles. The Morgan fingerprint density at radius 2 is 1.89 bits per heavy atom. The molecule has 3 aromatic carbocycles. The molecule has 2 amide bonds. The Balaban J connectivity index is 1.54. The van der Waals surface area contributed by atoms with E-state index in [0.717, 1.165) is 11.1 Å². The highest BCUT2D eigenvalue weighted by Crippen LogP contribution is 2.28. The average molecular weight is 525 g/mol. The molecule has 0 N–H and O–H groups in total. The molecule has 3 aromatic rings. The quantitative estimate of drug-likeness (QED) is 0.410. The molecular formula is C29H30ClFN2O4. The van der Waals surface area contributed by atoms with Crippen molar-refractivity contribution in [1.29, 1.82) is 0 Å². The van der Waals surface area contributed by atoms with Crippen molar-refractivity contribution in [3.05, 3.63) is 100 Å². The Kier molecular flexibility index (Phi) is 8.46. The molecule has 1 heterocycles. The molecule has 0 aliphatic carbocycles. The first kappa shape index (κ1) is 26.6. The SMILES string of the molecule is Cc1cc(OC[C@@]2(CC(=O)N(C)Cc3ccccc3)CN(C(=O)c3cccc(F)c3)CCO2)ccc1Cl. The first-order valence-corrected chi connectivity index (χ1v) is 12.5. The van der Waals surface area contributed by atoms with Crippen molar-refractivity contribution in [1.82, 2.24) is 9.80 Å². The van der Waals surface area contributed by atoms with E-state index >= 15 is 0 Å². The Hall–Kier alpha value is -3.42. The van der Waals surface area contributed by atoms with E-state index in [-0.39, 0.29) is 43.6 Å². The average Bonchev–Trinajstić information content (AvgIpc) is 2.89. The first-order chi connectivity index (χ1) is 17.7. The molecule has 8 heteroatoms. The number of carbonyl (C=O) groups is 2. The fourth-order valence-corrected chi connectivity index (χ4v) is 4.46. The minimum absolute atomic E-state index is 0.00976. The van der Waals surface area contributed by atoms with Crippen LogP contribution in [0.2, 0.25) is 5.02 Å². The van der Waals surface area contributed by atoms with E-state index in [9.17, 15) is 14.0 Å². The van der Waals surface area contributed by atoms with Gasteiger partial charge in [0.2, 0.25) is 5.91 Å². The third-order valence-corrected chi connectivity index (χ3v) is 6.82. The first-order valence-electron chi connectivity index (χ1n) is 12.1. The summed E-state index contributed by atoms with van der Waals surface area (Å²) in [7, 11) is 1.74. The lowest BCUT2D eigenvalue weighted by molar-refractivity contribution is -0.152. The van der Waals surface area contributed by atoms with Gasteiger partial charge < -0.3 is 19.3 Å². The highest BCUT2D eigenvalue weighted by molar-refractivity contribution is 6.31. The predicted molar refractivity (Wildman–Crippen MR) is 140 cm³/mol. The van der Waals surface area contributed by atoms with Crippen molar-refractivity contribution < 1.29 is 23.5 Å². The van der Waals surface area contributed by atoms with Crippen molar-refractivity contribution in [2.75, 3.05) is 33.4 Å². The van der Waals surface area contributed by atoms with Crippen LogP contribution in [-0.2, 0) is 16.1 Å². The van der Waals surface area contributed by atoms with Crippen LogP contribution in [0.4, 0.5) is 4.39 Å². The number of nitrogens with zero attached hydrogens (tertiary/aromatic N) is 2. The third kappa shape index (κ3) is 6.87. The number of hydrogen-bond donors (Lipinski definition) is 0. The summed E-state index contributed by atoms with van der Waals surface area (Å²) in [5.74, 6) is -0.354. The van der Waals surface area contributed by atoms with E-state index in [2.05, 4.69) is 0 Å². The van der Waals surface area contributed by atoms with E-state index in [1.54, 1.807) is 35.0 Å². The molecular weight excluding hydrogens is 495 g/mol. The van der Waals surface area contributed by atoms with Gasteiger partial charge in [-0.2, -0.15) is 0 Å². The maximum Gasteiger partial charge on any atom is 0.254 e. The van der Waals surface area contributed by atoms with Crippen LogP contribution in [0.25, 0.3) is 0 Å². The van der Waals surface area contributed by atoms with Gasteiger partial charge in [-0.3, -0.25) is 9.59 Å². The number of carbonyl (C=O) groups excluding carboxylic acids is 2. The van der Waals surface area contributed by atoms with E-state index in [1.807, 2.05) is 43.3 Å². The van der Waals surface area contributed by atoms with Gasteiger partial charge in [0, 0.05) is 30.7 Å². The second kappa shape index (κ2) is 11.8. The molecule has 37 heavy (non-hydrogen) atoms. The molecule has 1 fully saturated rings. The molecule has 0 aromatic heterocycles. The monoisotopic (exact) mass is 524 g/mol. The molecule has 0 spiro atoms. The summed E-state index contributed by atoms with van der Waals surface area (Å²) in [5.41, 5.74) is 1.03. The minimum atomic E-state index is -1.09. The van der Waals surface area contributed by atoms with Crippen LogP contribution in [0.5, 0.6) is 5.75 Å². The Bertz CT molecular complexity index is 1260. The van der Waals surface area contributed by atoms with Crippen molar-refractivity contribution in [3.8, 4) is 5.75 Å². The molecule has 0 bridgehead atoms. The number of hydrogen-bond acceptors (Lipinski definition) is 4. The van der Waals surface area contributed by atoms with Gasteiger partial charge in [-0.25, -0.2) is 4.39 Å². The summed E-state index contributed by atoms with van der Waals surface area (Å²) in [5, 5.41) is 0.626. The summed E-state index contributed by atoms with van der Waals surface area (Å²) in [6, 6.07) is 20.6. The minimum Gasteiger partial charge on any atom is -0.490 e. The summed E-state index contributed by atoms with van der Waals surface area (Å²) >= 11 is 6.15. The maximum absolute atomic E-state index is 13.8. The van der Waals surface area contributed by atoms with Gasteiger partial charge in [0.1, 0.15) is 23.8 Å². The zero-order valence-electron chi connectivity index (χ0n) is 21.0. The molecule has 1 atom stereocenters. The number of ether oxygens (including phenoxy) is 2. The normalized spacial score (nSPS) is 17.4. The summed E-state index contributed by atoms with van der Waals surface area (Å²) < 4.78 is 26.1. The predicted octanol–water partition coefficient (Wildman–Crippen LogP) is 5.13. The second-order valence-corrected chi connectivity index (χ2v) is 9.79. The number of benzene rings is 3. The largest absolute Gasteiger partial charge is 0.490 e. The van der Waals surface area contributed by atoms with Crippen LogP contribution in [0.1, 0.15) is 27.9 Å². The number of aryl methyl sites for hydroxylation is 1. The highest BCUT2D eigenvalue weighted by Gasteiger charge is 2.42.